The number of imidazole rings is 1. The Balaban J connectivity index is 1.49. The number of carbonyl (C=O) groups excluding carboxylic acids is 1. The monoisotopic (exact) mass is 338 g/mol. The SMILES string of the molecule is Cc1nc2ccccc2n1Cc1cc(C(=O)NC2CCCCC2)no1. The van der Waals surface area contributed by atoms with Crippen molar-refractivity contribution < 1.29 is 9.32 Å². The lowest BCUT2D eigenvalue weighted by Gasteiger charge is -2.22. The van der Waals surface area contributed by atoms with Crippen LogP contribution in [-0.2, 0) is 6.54 Å². The van der Waals surface area contributed by atoms with E-state index < -0.39 is 0 Å². The van der Waals surface area contributed by atoms with Gasteiger partial charge in [-0.15, -0.1) is 0 Å². The summed E-state index contributed by atoms with van der Waals surface area (Å²) in [5.41, 5.74) is 2.35. The zero-order valence-corrected chi connectivity index (χ0v) is 14.4. The fraction of sp³-hybridized carbons (Fsp3) is 0.421. The highest BCUT2D eigenvalue weighted by Gasteiger charge is 2.19. The summed E-state index contributed by atoms with van der Waals surface area (Å²) in [5.74, 6) is 1.42. The Kier molecular flexibility index (Phi) is 4.26. The molecule has 1 fully saturated rings. The molecule has 1 saturated carbocycles. The summed E-state index contributed by atoms with van der Waals surface area (Å²) in [6.45, 7) is 2.48. The van der Waals surface area contributed by atoms with Gasteiger partial charge in [-0.05, 0) is 31.9 Å². The molecule has 0 atom stereocenters. The van der Waals surface area contributed by atoms with Gasteiger partial charge in [0.15, 0.2) is 11.5 Å². The second kappa shape index (κ2) is 6.70. The highest BCUT2D eigenvalue weighted by molar-refractivity contribution is 5.92. The van der Waals surface area contributed by atoms with Crippen LogP contribution in [0.1, 0.15) is 54.2 Å². The van der Waals surface area contributed by atoms with E-state index in [0.717, 1.165) is 29.7 Å². The smallest absolute Gasteiger partial charge is 0.273 e. The van der Waals surface area contributed by atoms with Crippen LogP contribution in [-0.4, -0.2) is 26.7 Å². The van der Waals surface area contributed by atoms with Crippen molar-refractivity contribution >= 4 is 16.9 Å². The number of rotatable bonds is 4. The molecule has 0 bridgehead atoms. The summed E-state index contributed by atoms with van der Waals surface area (Å²) >= 11 is 0. The van der Waals surface area contributed by atoms with Crippen molar-refractivity contribution in [3.05, 3.63) is 47.6 Å². The Bertz CT molecular complexity index is 890. The summed E-state index contributed by atoms with van der Waals surface area (Å²) in [4.78, 5) is 16.9. The number of aryl methyl sites for hydroxylation is 1. The van der Waals surface area contributed by atoms with E-state index in [4.69, 9.17) is 4.52 Å². The molecular formula is C19H22N4O2. The zero-order chi connectivity index (χ0) is 17.2. The van der Waals surface area contributed by atoms with E-state index in [1.807, 2.05) is 31.2 Å². The van der Waals surface area contributed by atoms with Crippen molar-refractivity contribution in [1.82, 2.24) is 20.0 Å². The normalized spacial score (nSPS) is 15.6. The molecule has 2 aromatic heterocycles. The first-order valence-corrected chi connectivity index (χ1v) is 8.89. The molecule has 6 nitrogen and oxygen atoms in total. The summed E-state index contributed by atoms with van der Waals surface area (Å²) in [6, 6.07) is 9.98. The number of para-hydroxylation sites is 2. The largest absolute Gasteiger partial charge is 0.359 e. The van der Waals surface area contributed by atoms with E-state index in [1.54, 1.807) is 6.07 Å². The van der Waals surface area contributed by atoms with E-state index >= 15 is 0 Å². The quantitative estimate of drug-likeness (QED) is 0.791. The topological polar surface area (TPSA) is 73.0 Å². The number of nitrogens with zero attached hydrogens (tertiary/aromatic N) is 3. The third-order valence-electron chi connectivity index (χ3n) is 4.89. The summed E-state index contributed by atoms with van der Waals surface area (Å²) in [6.07, 6.45) is 5.73. The second-order valence-electron chi connectivity index (χ2n) is 6.72. The lowest BCUT2D eigenvalue weighted by molar-refractivity contribution is 0.0918. The maximum Gasteiger partial charge on any atom is 0.273 e. The first-order valence-electron chi connectivity index (χ1n) is 8.89. The molecule has 3 aromatic rings. The van der Waals surface area contributed by atoms with Crippen LogP contribution >= 0.6 is 0 Å². The Morgan fingerprint density at radius 3 is 2.92 bits per heavy atom. The zero-order valence-electron chi connectivity index (χ0n) is 14.4. The first-order chi connectivity index (χ1) is 12.2. The van der Waals surface area contributed by atoms with E-state index in [2.05, 4.69) is 20.0 Å². The van der Waals surface area contributed by atoms with E-state index in [9.17, 15) is 4.79 Å². The van der Waals surface area contributed by atoms with E-state index in [-0.39, 0.29) is 11.9 Å². The van der Waals surface area contributed by atoms with Crippen LogP contribution in [0.4, 0.5) is 0 Å². The van der Waals surface area contributed by atoms with Gasteiger partial charge in [0.25, 0.3) is 5.91 Å². The Morgan fingerprint density at radius 1 is 1.28 bits per heavy atom. The van der Waals surface area contributed by atoms with Gasteiger partial charge in [0.1, 0.15) is 5.82 Å². The number of hydrogen-bond donors (Lipinski definition) is 1. The molecule has 1 aliphatic rings. The van der Waals surface area contributed by atoms with Gasteiger partial charge in [-0.2, -0.15) is 0 Å². The van der Waals surface area contributed by atoms with Crippen LogP contribution in [0.5, 0.6) is 0 Å². The maximum absolute atomic E-state index is 12.4. The molecule has 130 valence electrons. The molecule has 0 spiro atoms. The lowest BCUT2D eigenvalue weighted by atomic mass is 9.95. The summed E-state index contributed by atoms with van der Waals surface area (Å²) in [7, 11) is 0. The Labute approximate surface area is 146 Å². The molecule has 0 unspecified atom stereocenters. The molecular weight excluding hydrogens is 316 g/mol. The first kappa shape index (κ1) is 15.9. The van der Waals surface area contributed by atoms with E-state index in [0.29, 0.717) is 18.0 Å². The maximum atomic E-state index is 12.4. The van der Waals surface area contributed by atoms with Gasteiger partial charge in [-0.25, -0.2) is 4.98 Å². The van der Waals surface area contributed by atoms with Gasteiger partial charge in [-0.1, -0.05) is 36.6 Å². The molecule has 1 aliphatic carbocycles. The number of carbonyl (C=O) groups is 1. The Morgan fingerprint density at radius 2 is 2.08 bits per heavy atom. The van der Waals surface area contributed by atoms with Gasteiger partial charge in [0.2, 0.25) is 0 Å². The number of nitrogens with one attached hydrogen (secondary N) is 1. The van der Waals surface area contributed by atoms with Gasteiger partial charge in [0, 0.05) is 12.1 Å². The third kappa shape index (κ3) is 3.29. The minimum Gasteiger partial charge on any atom is -0.359 e. The van der Waals surface area contributed by atoms with Crippen LogP contribution in [0.2, 0.25) is 0 Å². The molecule has 0 aliphatic heterocycles. The summed E-state index contributed by atoms with van der Waals surface area (Å²) < 4.78 is 7.46. The minimum absolute atomic E-state index is 0.144. The predicted molar refractivity (Wildman–Crippen MR) is 94.4 cm³/mol. The van der Waals surface area contributed by atoms with E-state index in [1.165, 1.54) is 19.3 Å². The molecule has 0 radical (unpaired) electrons. The molecule has 6 heteroatoms. The van der Waals surface area contributed by atoms with Crippen molar-refractivity contribution in [2.45, 2.75) is 51.6 Å². The van der Waals surface area contributed by atoms with Crippen molar-refractivity contribution in [3.63, 3.8) is 0 Å². The van der Waals surface area contributed by atoms with Crippen molar-refractivity contribution in [3.8, 4) is 0 Å². The molecule has 1 aromatic carbocycles. The molecule has 2 heterocycles. The van der Waals surface area contributed by atoms with Gasteiger partial charge >= 0.3 is 0 Å². The fourth-order valence-electron chi connectivity index (χ4n) is 3.55. The Hall–Kier alpha value is -2.63. The van der Waals surface area contributed by atoms with Crippen LogP contribution in [0.15, 0.2) is 34.9 Å². The number of benzene rings is 1. The van der Waals surface area contributed by atoms with Gasteiger partial charge < -0.3 is 14.4 Å². The van der Waals surface area contributed by atoms with Crippen LogP contribution < -0.4 is 5.32 Å². The van der Waals surface area contributed by atoms with Crippen LogP contribution in [0.25, 0.3) is 11.0 Å². The number of aromatic nitrogens is 3. The number of hydrogen-bond acceptors (Lipinski definition) is 4. The standard InChI is InChI=1S/C19H22N4O2/c1-13-20-16-9-5-6-10-18(16)23(13)12-15-11-17(22-25-15)19(24)21-14-7-3-2-4-8-14/h5-6,9-11,14H,2-4,7-8,12H2,1H3,(H,21,24). The fourth-order valence-corrected chi connectivity index (χ4v) is 3.55. The molecule has 1 N–H and O–H groups in total. The van der Waals surface area contributed by atoms with Crippen molar-refractivity contribution in [2.24, 2.45) is 0 Å². The second-order valence-corrected chi connectivity index (χ2v) is 6.72. The molecule has 4 rings (SSSR count). The molecule has 0 saturated heterocycles. The average Bonchev–Trinajstić information content (AvgIpc) is 3.21. The minimum atomic E-state index is -0.144. The van der Waals surface area contributed by atoms with Crippen molar-refractivity contribution in [1.29, 1.82) is 0 Å². The highest BCUT2D eigenvalue weighted by Crippen LogP contribution is 2.19. The highest BCUT2D eigenvalue weighted by atomic mass is 16.5. The van der Waals surface area contributed by atoms with Crippen LogP contribution in [0, 0.1) is 6.92 Å². The lowest BCUT2D eigenvalue weighted by Crippen LogP contribution is -2.36. The molecule has 1 amide bonds. The average molecular weight is 338 g/mol. The predicted octanol–water partition coefficient (Wildman–Crippen LogP) is 3.44. The number of fused-ring (bicyclic) bond motifs is 1. The van der Waals surface area contributed by atoms with Gasteiger partial charge in [-0.3, -0.25) is 4.79 Å². The van der Waals surface area contributed by atoms with Crippen molar-refractivity contribution in [2.75, 3.05) is 0 Å². The summed E-state index contributed by atoms with van der Waals surface area (Å²) in [5, 5.41) is 7.02. The van der Waals surface area contributed by atoms with Gasteiger partial charge in [0.05, 0.1) is 17.6 Å². The molecule has 25 heavy (non-hydrogen) atoms. The van der Waals surface area contributed by atoms with Crippen LogP contribution in [0.3, 0.4) is 0 Å². The number of amides is 1. The third-order valence-corrected chi connectivity index (χ3v) is 4.89.